The van der Waals surface area contributed by atoms with Gasteiger partial charge in [0.2, 0.25) is 0 Å². The van der Waals surface area contributed by atoms with Gasteiger partial charge in [0.1, 0.15) is 31.1 Å². The lowest BCUT2D eigenvalue weighted by Crippen LogP contribution is -2.31. The van der Waals surface area contributed by atoms with Gasteiger partial charge in [-0.2, -0.15) is 0 Å². The maximum atomic E-state index is 13.3. The van der Waals surface area contributed by atoms with Crippen LogP contribution in [0.3, 0.4) is 0 Å². The summed E-state index contributed by atoms with van der Waals surface area (Å²) in [6, 6.07) is 0. The van der Waals surface area contributed by atoms with Crippen molar-refractivity contribution in [1.29, 1.82) is 0 Å². The fourth-order valence-corrected chi connectivity index (χ4v) is 10.2. The Hall–Kier alpha value is -4.95. The minimum Gasteiger partial charge on any atom is -0.496 e. The van der Waals surface area contributed by atoms with Gasteiger partial charge in [0, 0.05) is 43.2 Å². The van der Waals surface area contributed by atoms with Crippen LogP contribution in [0.4, 0.5) is 0 Å². The molecule has 0 saturated heterocycles. The number of fused-ring (bicyclic) bond motifs is 1. The average molecular weight is 1160 g/mol. The number of hydrogen-bond acceptors (Lipinski definition) is 15. The van der Waals surface area contributed by atoms with Crippen LogP contribution >= 0.6 is 0 Å². The molecule has 1 aromatic carbocycles. The zero-order chi connectivity index (χ0) is 60.2. The number of allylic oxidation sites excluding steroid dienone is 2. The van der Waals surface area contributed by atoms with Crippen LogP contribution in [-0.4, -0.2) is 81.9 Å². The summed E-state index contributed by atoms with van der Waals surface area (Å²) in [5.74, 6) is -3.13. The Bertz CT molecular complexity index is 1980. The van der Waals surface area contributed by atoms with Gasteiger partial charge in [-0.1, -0.05) is 193 Å². The Morgan fingerprint density at radius 1 is 0.549 bits per heavy atom. The molecule has 1 aliphatic heterocycles. The standard InChI is InChI=1S/C67H110O15/c1-9-11-13-15-17-19-21-23-25-27-29-31-33-37-59(69)78-48-55(49-79-60(70)38-34-32-30-28-26-24-22-20-18-16-14-12-10-2)81-62(72)47-52(4)40-43-53(5)66(73)77-46-36-35-39-61(71)82-65-56(44-41-51(3)42-45-58(68)75-7)64(76-8)54(6)57-50-80-67(74)63(57)65/h41,52-53,55H,9-40,42-50H2,1-8H3/b51-41+. The largest absolute Gasteiger partial charge is 0.496 e. The Morgan fingerprint density at radius 3 is 1.51 bits per heavy atom. The minimum atomic E-state index is -0.937. The summed E-state index contributed by atoms with van der Waals surface area (Å²) >= 11 is 0. The second-order valence-corrected chi connectivity index (χ2v) is 23.1. The number of carbonyl (C=O) groups is 7. The van der Waals surface area contributed by atoms with E-state index in [0.29, 0.717) is 54.5 Å². The first-order valence-electron chi connectivity index (χ1n) is 32.1. The van der Waals surface area contributed by atoms with E-state index in [2.05, 4.69) is 13.8 Å². The maximum absolute atomic E-state index is 13.3. The summed E-state index contributed by atoms with van der Waals surface area (Å²) < 4.78 is 44.2. The third-order valence-electron chi connectivity index (χ3n) is 15.6. The summed E-state index contributed by atoms with van der Waals surface area (Å²) in [6.07, 6.45) is 35.7. The van der Waals surface area contributed by atoms with Crippen molar-refractivity contribution in [3.8, 4) is 11.5 Å². The highest BCUT2D eigenvalue weighted by Crippen LogP contribution is 2.43. The van der Waals surface area contributed by atoms with E-state index in [1.54, 1.807) is 6.92 Å². The SMILES string of the molecule is CCCCCCCCCCCCCCCC(=O)OCC(COC(=O)CCCCCCCCCCCCCCC)OC(=O)CC(C)CCC(C)C(=O)OCCCCC(=O)Oc1c(C/C=C(\C)CCC(=O)OC)c(OC)c(C)c2c1C(=O)OC2. The molecule has 1 heterocycles. The molecular weight excluding hydrogens is 1040 g/mol. The zero-order valence-electron chi connectivity index (χ0n) is 52.4. The molecular formula is C67H110O15. The molecule has 15 nitrogen and oxygen atoms in total. The van der Waals surface area contributed by atoms with Crippen molar-refractivity contribution in [2.45, 2.75) is 292 Å². The molecule has 2 atom stereocenters. The molecule has 468 valence electrons. The van der Waals surface area contributed by atoms with Gasteiger partial charge in [-0.3, -0.25) is 28.8 Å². The fraction of sp³-hybridized carbons (Fsp3) is 0.776. The van der Waals surface area contributed by atoms with E-state index in [1.807, 2.05) is 26.8 Å². The van der Waals surface area contributed by atoms with Gasteiger partial charge >= 0.3 is 41.8 Å². The number of hydrogen-bond donors (Lipinski definition) is 0. The first-order valence-corrected chi connectivity index (χ1v) is 32.1. The average Bonchev–Trinajstić information content (AvgIpc) is 3.37. The van der Waals surface area contributed by atoms with Crippen molar-refractivity contribution in [1.82, 2.24) is 0 Å². The highest BCUT2D eigenvalue weighted by atomic mass is 16.6. The summed E-state index contributed by atoms with van der Waals surface area (Å²) in [5.41, 5.74) is 2.93. The summed E-state index contributed by atoms with van der Waals surface area (Å²) in [6.45, 7) is 11.6. The molecule has 15 heteroatoms. The second kappa shape index (κ2) is 46.4. The molecule has 0 fully saturated rings. The normalized spacial score (nSPS) is 12.8. The third kappa shape index (κ3) is 33.4. The smallest absolute Gasteiger partial charge is 0.342 e. The number of unbranched alkanes of at least 4 members (excludes halogenated alkanes) is 25. The molecule has 0 aliphatic carbocycles. The van der Waals surface area contributed by atoms with Crippen molar-refractivity contribution in [3.63, 3.8) is 0 Å². The third-order valence-corrected chi connectivity index (χ3v) is 15.6. The molecule has 0 N–H and O–H groups in total. The van der Waals surface area contributed by atoms with Crippen molar-refractivity contribution < 1.29 is 71.5 Å². The first-order chi connectivity index (χ1) is 39.6. The van der Waals surface area contributed by atoms with Crippen LogP contribution in [0.15, 0.2) is 11.6 Å². The summed E-state index contributed by atoms with van der Waals surface area (Å²) in [7, 11) is 2.85. The molecule has 1 aliphatic rings. The van der Waals surface area contributed by atoms with E-state index < -0.39 is 29.9 Å². The lowest BCUT2D eigenvalue weighted by Gasteiger charge is -2.20. The number of benzene rings is 1. The minimum absolute atomic E-state index is 0.00109. The predicted octanol–water partition coefficient (Wildman–Crippen LogP) is 16.1. The van der Waals surface area contributed by atoms with Crippen LogP contribution in [0.1, 0.15) is 293 Å². The zero-order valence-corrected chi connectivity index (χ0v) is 52.4. The number of cyclic esters (lactones) is 1. The number of esters is 7. The van der Waals surface area contributed by atoms with Gasteiger partial charge in [-0.15, -0.1) is 0 Å². The molecule has 0 spiro atoms. The highest BCUT2D eigenvalue weighted by Gasteiger charge is 2.34. The predicted molar refractivity (Wildman–Crippen MR) is 321 cm³/mol. The van der Waals surface area contributed by atoms with Crippen molar-refractivity contribution >= 4 is 41.8 Å². The topological polar surface area (TPSA) is 193 Å². The van der Waals surface area contributed by atoms with Crippen molar-refractivity contribution in [3.05, 3.63) is 33.9 Å². The van der Waals surface area contributed by atoms with Crippen LogP contribution in [0.25, 0.3) is 0 Å². The molecule has 0 saturated carbocycles. The van der Waals surface area contributed by atoms with Crippen LogP contribution in [0.5, 0.6) is 11.5 Å². The molecule has 0 amide bonds. The summed E-state index contributed by atoms with van der Waals surface area (Å²) in [4.78, 5) is 89.7. The van der Waals surface area contributed by atoms with E-state index in [9.17, 15) is 33.6 Å². The van der Waals surface area contributed by atoms with Crippen LogP contribution in [0, 0.1) is 18.8 Å². The van der Waals surface area contributed by atoms with Gasteiger partial charge in [0.05, 0.1) is 26.7 Å². The molecule has 2 rings (SSSR count). The van der Waals surface area contributed by atoms with E-state index in [0.717, 1.165) is 44.1 Å². The van der Waals surface area contributed by atoms with Gasteiger partial charge in [-0.05, 0) is 76.7 Å². The number of ether oxygens (including phenoxy) is 8. The van der Waals surface area contributed by atoms with Gasteiger partial charge < -0.3 is 37.9 Å². The maximum Gasteiger partial charge on any atom is 0.342 e. The molecule has 2 unspecified atom stereocenters. The lowest BCUT2D eigenvalue weighted by atomic mass is 9.94. The molecule has 0 aromatic heterocycles. The van der Waals surface area contributed by atoms with Crippen LogP contribution in [-0.2, 0) is 70.2 Å². The van der Waals surface area contributed by atoms with Crippen molar-refractivity contribution in [2.75, 3.05) is 34.0 Å². The van der Waals surface area contributed by atoms with Gasteiger partial charge in [-0.25, -0.2) is 4.79 Å². The second-order valence-electron chi connectivity index (χ2n) is 23.1. The number of rotatable bonds is 51. The summed E-state index contributed by atoms with van der Waals surface area (Å²) in [5, 5.41) is 0. The van der Waals surface area contributed by atoms with E-state index in [4.69, 9.17) is 37.9 Å². The number of carbonyl (C=O) groups excluding carboxylic acids is 7. The molecule has 0 bridgehead atoms. The lowest BCUT2D eigenvalue weighted by molar-refractivity contribution is -0.167. The van der Waals surface area contributed by atoms with Crippen LogP contribution < -0.4 is 9.47 Å². The van der Waals surface area contributed by atoms with E-state index in [1.165, 1.54) is 143 Å². The number of methoxy groups -OCH3 is 2. The van der Waals surface area contributed by atoms with Crippen molar-refractivity contribution in [2.24, 2.45) is 11.8 Å². The van der Waals surface area contributed by atoms with Gasteiger partial charge in [0.15, 0.2) is 11.9 Å². The molecule has 82 heavy (non-hydrogen) atoms. The van der Waals surface area contributed by atoms with Crippen LogP contribution in [0.2, 0.25) is 0 Å². The Balaban J connectivity index is 1.82. The Labute approximate surface area is 494 Å². The Kier molecular flexibility index (Phi) is 41.4. The van der Waals surface area contributed by atoms with Gasteiger partial charge in [0.25, 0.3) is 0 Å². The quantitative estimate of drug-likeness (QED) is 0.0196. The van der Waals surface area contributed by atoms with E-state index >= 15 is 0 Å². The highest BCUT2D eigenvalue weighted by molar-refractivity contribution is 5.99. The molecule has 0 radical (unpaired) electrons. The first kappa shape index (κ1) is 73.2. The van der Waals surface area contributed by atoms with E-state index in [-0.39, 0.29) is 106 Å². The Morgan fingerprint density at radius 2 is 1.02 bits per heavy atom. The monoisotopic (exact) mass is 1150 g/mol. The molecule has 1 aromatic rings. The fourth-order valence-electron chi connectivity index (χ4n) is 10.2.